The molecular formula is C17H21NO5. The van der Waals surface area contributed by atoms with Crippen LogP contribution in [0.3, 0.4) is 0 Å². The molecule has 0 aliphatic carbocycles. The molecule has 23 heavy (non-hydrogen) atoms. The maximum Gasteiger partial charge on any atom is 0.336 e. The van der Waals surface area contributed by atoms with Gasteiger partial charge in [0, 0.05) is 37.2 Å². The second-order valence-corrected chi connectivity index (χ2v) is 5.78. The number of nitrogens with zero attached hydrogens (tertiary/aromatic N) is 1. The van der Waals surface area contributed by atoms with Crippen LogP contribution in [0.5, 0.6) is 5.75 Å². The maximum atomic E-state index is 11.4. The summed E-state index contributed by atoms with van der Waals surface area (Å²) in [5.74, 6) is 0.576. The Hall–Kier alpha value is -1.89. The van der Waals surface area contributed by atoms with Gasteiger partial charge in [0.2, 0.25) is 0 Å². The van der Waals surface area contributed by atoms with Gasteiger partial charge in [-0.3, -0.25) is 4.90 Å². The number of ether oxygens (including phenoxy) is 2. The molecule has 1 aromatic carbocycles. The lowest BCUT2D eigenvalue weighted by Gasteiger charge is -2.28. The number of morpholine rings is 1. The van der Waals surface area contributed by atoms with Gasteiger partial charge in [-0.15, -0.1) is 0 Å². The largest absolute Gasteiger partial charge is 0.491 e. The zero-order valence-corrected chi connectivity index (χ0v) is 13.2. The van der Waals surface area contributed by atoms with Crippen LogP contribution in [0, 0.1) is 6.92 Å². The third-order valence-corrected chi connectivity index (χ3v) is 3.94. The molecule has 0 unspecified atom stereocenters. The summed E-state index contributed by atoms with van der Waals surface area (Å²) >= 11 is 0. The number of aliphatic hydroxyl groups is 1. The fourth-order valence-electron chi connectivity index (χ4n) is 2.72. The van der Waals surface area contributed by atoms with Crippen molar-refractivity contribution in [1.82, 2.24) is 4.90 Å². The molecule has 1 aromatic heterocycles. The third-order valence-electron chi connectivity index (χ3n) is 3.94. The Bertz CT molecular complexity index is 720. The van der Waals surface area contributed by atoms with Crippen LogP contribution in [0.25, 0.3) is 11.0 Å². The Balaban J connectivity index is 1.61. The van der Waals surface area contributed by atoms with Gasteiger partial charge in [0.1, 0.15) is 24.0 Å². The molecule has 0 saturated carbocycles. The van der Waals surface area contributed by atoms with Crippen LogP contribution in [0.15, 0.2) is 33.5 Å². The first-order chi connectivity index (χ1) is 11.1. The molecule has 0 radical (unpaired) electrons. The second-order valence-electron chi connectivity index (χ2n) is 5.78. The quantitative estimate of drug-likeness (QED) is 0.834. The van der Waals surface area contributed by atoms with Gasteiger partial charge >= 0.3 is 5.63 Å². The molecule has 124 valence electrons. The number of hydrogen-bond acceptors (Lipinski definition) is 6. The van der Waals surface area contributed by atoms with E-state index in [0.29, 0.717) is 31.1 Å². The van der Waals surface area contributed by atoms with Crippen molar-refractivity contribution in [3.63, 3.8) is 0 Å². The van der Waals surface area contributed by atoms with Gasteiger partial charge in [-0.05, 0) is 24.6 Å². The molecular weight excluding hydrogens is 298 g/mol. The normalized spacial score (nSPS) is 17.3. The lowest BCUT2D eigenvalue weighted by atomic mass is 10.1. The van der Waals surface area contributed by atoms with Gasteiger partial charge in [0.05, 0.1) is 13.2 Å². The summed E-state index contributed by atoms with van der Waals surface area (Å²) in [7, 11) is 0. The monoisotopic (exact) mass is 319 g/mol. The highest BCUT2D eigenvalue weighted by atomic mass is 16.5. The van der Waals surface area contributed by atoms with E-state index in [1.165, 1.54) is 6.07 Å². The summed E-state index contributed by atoms with van der Waals surface area (Å²) in [5.41, 5.74) is 0.991. The van der Waals surface area contributed by atoms with E-state index in [1.807, 2.05) is 19.1 Å². The summed E-state index contributed by atoms with van der Waals surface area (Å²) in [6.07, 6.45) is -0.576. The standard InChI is InChI=1S/C17H21NO5/c1-12-8-17(20)23-16-9-14(2-3-15(12)16)22-11-13(19)10-18-4-6-21-7-5-18/h2-3,8-9,13,19H,4-7,10-11H2,1H3/t13-/m0/s1. The van der Waals surface area contributed by atoms with E-state index in [4.69, 9.17) is 13.9 Å². The molecule has 1 fully saturated rings. The number of rotatable bonds is 5. The molecule has 1 N–H and O–H groups in total. The summed E-state index contributed by atoms with van der Waals surface area (Å²) in [5, 5.41) is 11.0. The van der Waals surface area contributed by atoms with Crippen molar-refractivity contribution in [2.24, 2.45) is 0 Å². The summed E-state index contributed by atoms with van der Waals surface area (Å²) in [6, 6.07) is 6.83. The first-order valence-corrected chi connectivity index (χ1v) is 7.77. The summed E-state index contributed by atoms with van der Waals surface area (Å²) < 4.78 is 16.1. The zero-order chi connectivity index (χ0) is 16.2. The molecule has 0 bridgehead atoms. The molecule has 0 amide bonds. The van der Waals surface area contributed by atoms with Crippen molar-refractivity contribution in [3.05, 3.63) is 40.2 Å². The van der Waals surface area contributed by atoms with E-state index in [-0.39, 0.29) is 12.2 Å². The van der Waals surface area contributed by atoms with Crippen LogP contribution < -0.4 is 10.4 Å². The molecule has 2 heterocycles. The van der Waals surface area contributed by atoms with E-state index in [1.54, 1.807) is 6.07 Å². The van der Waals surface area contributed by atoms with Crippen molar-refractivity contribution in [1.29, 1.82) is 0 Å². The average molecular weight is 319 g/mol. The van der Waals surface area contributed by atoms with E-state index < -0.39 is 6.10 Å². The maximum absolute atomic E-state index is 11.4. The van der Waals surface area contributed by atoms with Crippen LogP contribution in [-0.4, -0.2) is 55.6 Å². The Morgan fingerprint density at radius 3 is 2.87 bits per heavy atom. The van der Waals surface area contributed by atoms with E-state index >= 15 is 0 Å². The van der Waals surface area contributed by atoms with Gasteiger partial charge in [-0.25, -0.2) is 4.79 Å². The first-order valence-electron chi connectivity index (χ1n) is 7.77. The second kappa shape index (κ2) is 7.12. The number of aryl methyl sites for hydroxylation is 1. The van der Waals surface area contributed by atoms with Gasteiger partial charge in [0.15, 0.2) is 0 Å². The molecule has 6 nitrogen and oxygen atoms in total. The van der Waals surface area contributed by atoms with Gasteiger partial charge in [-0.1, -0.05) is 0 Å². The highest BCUT2D eigenvalue weighted by molar-refractivity contribution is 5.81. The number of benzene rings is 1. The zero-order valence-electron chi connectivity index (χ0n) is 13.2. The fraction of sp³-hybridized carbons (Fsp3) is 0.471. The van der Waals surface area contributed by atoms with E-state index in [0.717, 1.165) is 24.0 Å². The summed E-state index contributed by atoms with van der Waals surface area (Å²) in [6.45, 7) is 5.69. The molecule has 1 saturated heterocycles. The highest BCUT2D eigenvalue weighted by Gasteiger charge is 2.15. The fourth-order valence-corrected chi connectivity index (χ4v) is 2.72. The molecule has 2 aromatic rings. The van der Waals surface area contributed by atoms with Crippen molar-refractivity contribution < 1.29 is 19.0 Å². The smallest absolute Gasteiger partial charge is 0.336 e. The minimum Gasteiger partial charge on any atom is -0.491 e. The third kappa shape index (κ3) is 4.10. The van der Waals surface area contributed by atoms with Crippen molar-refractivity contribution in [3.8, 4) is 5.75 Å². The molecule has 6 heteroatoms. The molecule has 1 aliphatic heterocycles. The van der Waals surface area contributed by atoms with Crippen LogP contribution in [0.2, 0.25) is 0 Å². The molecule has 3 rings (SSSR count). The Morgan fingerprint density at radius 2 is 2.09 bits per heavy atom. The van der Waals surface area contributed by atoms with E-state index in [2.05, 4.69) is 4.90 Å². The molecule has 1 atom stereocenters. The van der Waals surface area contributed by atoms with Crippen molar-refractivity contribution >= 4 is 11.0 Å². The van der Waals surface area contributed by atoms with Crippen LogP contribution in [0.1, 0.15) is 5.56 Å². The number of aliphatic hydroxyl groups excluding tert-OH is 1. The predicted octanol–water partition coefficient (Wildman–Crippen LogP) is 1.17. The lowest BCUT2D eigenvalue weighted by Crippen LogP contribution is -2.42. The Kier molecular flexibility index (Phi) is 4.95. The molecule has 0 spiro atoms. The summed E-state index contributed by atoms with van der Waals surface area (Å²) in [4.78, 5) is 13.6. The average Bonchev–Trinajstić information content (AvgIpc) is 2.53. The van der Waals surface area contributed by atoms with Gasteiger partial charge < -0.3 is 19.0 Å². The SMILES string of the molecule is Cc1cc(=O)oc2cc(OC[C@@H](O)CN3CCOCC3)ccc12. The lowest BCUT2D eigenvalue weighted by molar-refractivity contribution is 0.00466. The van der Waals surface area contributed by atoms with Gasteiger partial charge in [-0.2, -0.15) is 0 Å². The van der Waals surface area contributed by atoms with Crippen LogP contribution in [-0.2, 0) is 4.74 Å². The Morgan fingerprint density at radius 1 is 1.30 bits per heavy atom. The minimum atomic E-state index is -0.576. The van der Waals surface area contributed by atoms with Crippen LogP contribution in [0.4, 0.5) is 0 Å². The topological polar surface area (TPSA) is 72.1 Å². The number of hydrogen-bond donors (Lipinski definition) is 1. The Labute approximate surface area is 134 Å². The van der Waals surface area contributed by atoms with Gasteiger partial charge in [0.25, 0.3) is 0 Å². The highest BCUT2D eigenvalue weighted by Crippen LogP contribution is 2.22. The van der Waals surface area contributed by atoms with Crippen molar-refractivity contribution in [2.45, 2.75) is 13.0 Å². The van der Waals surface area contributed by atoms with Crippen LogP contribution >= 0.6 is 0 Å². The minimum absolute atomic E-state index is 0.193. The van der Waals surface area contributed by atoms with E-state index in [9.17, 15) is 9.90 Å². The van der Waals surface area contributed by atoms with Crippen molar-refractivity contribution in [2.75, 3.05) is 39.5 Å². The predicted molar refractivity (Wildman–Crippen MR) is 86.0 cm³/mol. The number of β-amino-alcohol motifs (C(OH)–C–C–N with tert-alkyl or cyclic N) is 1. The number of fused-ring (bicyclic) bond motifs is 1. The first kappa shape index (κ1) is 16.0. The molecule has 1 aliphatic rings.